The van der Waals surface area contributed by atoms with Gasteiger partial charge >= 0.3 is 6.18 Å². The maximum Gasteiger partial charge on any atom is 0.416 e. The number of aromatic nitrogens is 2. The first kappa shape index (κ1) is 18.1. The maximum absolute atomic E-state index is 13.1. The molecular formula is C22H18F3N3. The Morgan fingerprint density at radius 2 is 1.71 bits per heavy atom. The molecule has 4 rings (SSSR count). The van der Waals surface area contributed by atoms with Crippen molar-refractivity contribution in [1.82, 2.24) is 9.97 Å². The molecule has 1 atom stereocenters. The molecule has 142 valence electrons. The minimum atomic E-state index is -4.39. The van der Waals surface area contributed by atoms with Gasteiger partial charge in [-0.2, -0.15) is 13.2 Å². The number of hydrogen-bond acceptors (Lipinski definition) is 2. The SMILES string of the molecule is Cc1[nH]c2ccccc2c1C(Nc1cccc(C(F)(F)F)c1)c1ccncc1. The zero-order chi connectivity index (χ0) is 19.7. The Morgan fingerprint density at radius 3 is 2.46 bits per heavy atom. The van der Waals surface area contributed by atoms with Crippen LogP contribution in [0.1, 0.15) is 28.4 Å². The van der Waals surface area contributed by atoms with Crippen molar-refractivity contribution in [3.63, 3.8) is 0 Å². The van der Waals surface area contributed by atoms with E-state index in [1.165, 1.54) is 6.07 Å². The molecule has 0 aliphatic rings. The van der Waals surface area contributed by atoms with Gasteiger partial charge in [-0.3, -0.25) is 4.98 Å². The Bertz CT molecular complexity index is 1100. The van der Waals surface area contributed by atoms with Crippen LogP contribution < -0.4 is 5.32 Å². The molecular weight excluding hydrogens is 363 g/mol. The summed E-state index contributed by atoms with van der Waals surface area (Å²) in [4.78, 5) is 7.43. The lowest BCUT2D eigenvalue weighted by atomic mass is 9.96. The summed E-state index contributed by atoms with van der Waals surface area (Å²) in [7, 11) is 0. The molecule has 2 aromatic heterocycles. The van der Waals surface area contributed by atoms with E-state index in [1.807, 2.05) is 43.3 Å². The zero-order valence-corrected chi connectivity index (χ0v) is 15.1. The quantitative estimate of drug-likeness (QED) is 0.449. The number of nitrogens with one attached hydrogen (secondary N) is 2. The number of rotatable bonds is 4. The minimum absolute atomic E-state index is 0.331. The molecule has 2 N–H and O–H groups in total. The largest absolute Gasteiger partial charge is 0.416 e. The highest BCUT2D eigenvalue weighted by atomic mass is 19.4. The van der Waals surface area contributed by atoms with Gasteiger partial charge in [0.1, 0.15) is 0 Å². The van der Waals surface area contributed by atoms with Gasteiger partial charge in [0, 0.05) is 40.2 Å². The first-order valence-corrected chi connectivity index (χ1v) is 8.84. The van der Waals surface area contributed by atoms with Crippen molar-refractivity contribution in [2.24, 2.45) is 0 Å². The Kier molecular flexibility index (Phi) is 4.55. The summed E-state index contributed by atoms with van der Waals surface area (Å²) in [5, 5.41) is 4.32. The third-order valence-electron chi connectivity index (χ3n) is 4.77. The summed E-state index contributed by atoms with van der Waals surface area (Å²) < 4.78 is 39.4. The molecule has 4 aromatic rings. The molecule has 0 radical (unpaired) electrons. The second kappa shape index (κ2) is 7.03. The van der Waals surface area contributed by atoms with Crippen LogP contribution in [0.5, 0.6) is 0 Å². The second-order valence-corrected chi connectivity index (χ2v) is 6.65. The van der Waals surface area contributed by atoms with Gasteiger partial charge in [0.05, 0.1) is 11.6 Å². The predicted octanol–water partition coefficient (Wildman–Crippen LogP) is 6.09. The lowest BCUT2D eigenvalue weighted by Gasteiger charge is -2.22. The van der Waals surface area contributed by atoms with Gasteiger partial charge in [0.2, 0.25) is 0 Å². The summed E-state index contributed by atoms with van der Waals surface area (Å²) in [6, 6.07) is 16.6. The summed E-state index contributed by atoms with van der Waals surface area (Å²) in [5.74, 6) is 0. The molecule has 0 aliphatic heterocycles. The third-order valence-corrected chi connectivity index (χ3v) is 4.77. The third kappa shape index (κ3) is 3.45. The van der Waals surface area contributed by atoms with E-state index in [2.05, 4.69) is 15.3 Å². The number of aryl methyl sites for hydroxylation is 1. The highest BCUT2D eigenvalue weighted by molar-refractivity contribution is 5.86. The normalized spacial score (nSPS) is 12.9. The summed E-state index contributed by atoms with van der Waals surface area (Å²) in [6.07, 6.45) is -1.03. The average Bonchev–Trinajstić information content (AvgIpc) is 3.02. The van der Waals surface area contributed by atoms with Crippen molar-refractivity contribution in [3.05, 3.63) is 95.4 Å². The molecule has 6 heteroatoms. The highest BCUT2D eigenvalue weighted by Gasteiger charge is 2.30. The van der Waals surface area contributed by atoms with E-state index >= 15 is 0 Å². The molecule has 28 heavy (non-hydrogen) atoms. The van der Waals surface area contributed by atoms with Crippen LogP contribution in [0.15, 0.2) is 73.1 Å². The van der Waals surface area contributed by atoms with Crippen molar-refractivity contribution in [3.8, 4) is 0 Å². The minimum Gasteiger partial charge on any atom is -0.374 e. The van der Waals surface area contributed by atoms with Gasteiger partial charge < -0.3 is 10.3 Å². The number of halogens is 3. The fraction of sp³-hybridized carbons (Fsp3) is 0.136. The molecule has 2 heterocycles. The number of benzene rings is 2. The molecule has 0 fully saturated rings. The molecule has 0 bridgehead atoms. The van der Waals surface area contributed by atoms with Crippen LogP contribution in [0.25, 0.3) is 10.9 Å². The zero-order valence-electron chi connectivity index (χ0n) is 15.1. The van der Waals surface area contributed by atoms with Crippen LogP contribution in [0, 0.1) is 6.92 Å². The van der Waals surface area contributed by atoms with Crippen LogP contribution in [-0.2, 0) is 6.18 Å². The number of fused-ring (bicyclic) bond motifs is 1. The number of nitrogens with zero attached hydrogens (tertiary/aromatic N) is 1. The fourth-order valence-electron chi connectivity index (χ4n) is 3.50. The molecule has 3 nitrogen and oxygen atoms in total. The summed E-state index contributed by atoms with van der Waals surface area (Å²) in [6.45, 7) is 1.97. The Morgan fingerprint density at radius 1 is 0.964 bits per heavy atom. The number of hydrogen-bond donors (Lipinski definition) is 2. The number of pyridine rings is 1. The number of aromatic amines is 1. The number of H-pyrrole nitrogens is 1. The molecule has 1 unspecified atom stereocenters. The molecule has 2 aromatic carbocycles. The van der Waals surface area contributed by atoms with Gasteiger partial charge in [-0.25, -0.2) is 0 Å². The standard InChI is InChI=1S/C22H18F3N3/c1-14-20(18-7-2-3-8-19(18)27-14)21(15-9-11-26-12-10-15)28-17-6-4-5-16(13-17)22(23,24)25/h2-13,21,27-28H,1H3. The van der Waals surface area contributed by atoms with Crippen molar-refractivity contribution in [1.29, 1.82) is 0 Å². The Hall–Kier alpha value is -3.28. The number of alkyl halides is 3. The van der Waals surface area contributed by atoms with E-state index in [4.69, 9.17) is 0 Å². The summed E-state index contributed by atoms with van der Waals surface area (Å²) >= 11 is 0. The predicted molar refractivity (Wildman–Crippen MR) is 104 cm³/mol. The molecule has 0 saturated heterocycles. The molecule has 0 amide bonds. The van der Waals surface area contributed by atoms with Crippen LogP contribution in [0.4, 0.5) is 18.9 Å². The van der Waals surface area contributed by atoms with E-state index in [-0.39, 0.29) is 6.04 Å². The summed E-state index contributed by atoms with van der Waals surface area (Å²) in [5.41, 5.74) is 3.59. The van der Waals surface area contributed by atoms with Crippen LogP contribution in [0.2, 0.25) is 0 Å². The molecule has 0 aliphatic carbocycles. The van der Waals surface area contributed by atoms with Crippen molar-refractivity contribution in [2.45, 2.75) is 19.1 Å². The van der Waals surface area contributed by atoms with Crippen LogP contribution in [0.3, 0.4) is 0 Å². The van der Waals surface area contributed by atoms with Gasteiger partial charge in [-0.1, -0.05) is 24.3 Å². The monoisotopic (exact) mass is 381 g/mol. The van der Waals surface area contributed by atoms with E-state index in [0.717, 1.165) is 39.9 Å². The molecule has 0 saturated carbocycles. The van der Waals surface area contributed by atoms with Crippen molar-refractivity contribution < 1.29 is 13.2 Å². The maximum atomic E-state index is 13.1. The number of para-hydroxylation sites is 1. The van der Waals surface area contributed by atoms with Crippen molar-refractivity contribution in [2.75, 3.05) is 5.32 Å². The number of anilines is 1. The van der Waals surface area contributed by atoms with E-state index < -0.39 is 11.7 Å². The van der Waals surface area contributed by atoms with Gasteiger partial charge in [0.15, 0.2) is 0 Å². The molecule has 0 spiro atoms. The fourth-order valence-corrected chi connectivity index (χ4v) is 3.50. The second-order valence-electron chi connectivity index (χ2n) is 6.65. The highest BCUT2D eigenvalue weighted by Crippen LogP contribution is 2.36. The Labute approximate surface area is 160 Å². The van der Waals surface area contributed by atoms with E-state index in [9.17, 15) is 13.2 Å². The topological polar surface area (TPSA) is 40.7 Å². The first-order chi connectivity index (χ1) is 13.4. The van der Waals surface area contributed by atoms with Crippen LogP contribution >= 0.6 is 0 Å². The lowest BCUT2D eigenvalue weighted by Crippen LogP contribution is -2.14. The van der Waals surface area contributed by atoms with Gasteiger partial charge in [0.25, 0.3) is 0 Å². The Balaban J connectivity index is 1.83. The van der Waals surface area contributed by atoms with Gasteiger partial charge in [-0.15, -0.1) is 0 Å². The van der Waals surface area contributed by atoms with Crippen LogP contribution in [-0.4, -0.2) is 9.97 Å². The van der Waals surface area contributed by atoms with Crippen molar-refractivity contribution >= 4 is 16.6 Å². The first-order valence-electron chi connectivity index (χ1n) is 8.84. The average molecular weight is 381 g/mol. The van der Waals surface area contributed by atoms with Gasteiger partial charge in [-0.05, 0) is 48.9 Å². The van der Waals surface area contributed by atoms with E-state index in [0.29, 0.717) is 5.69 Å². The lowest BCUT2D eigenvalue weighted by molar-refractivity contribution is -0.137. The van der Waals surface area contributed by atoms with E-state index in [1.54, 1.807) is 18.5 Å². The smallest absolute Gasteiger partial charge is 0.374 e.